The summed E-state index contributed by atoms with van der Waals surface area (Å²) in [7, 11) is 0. The lowest BCUT2D eigenvalue weighted by Crippen LogP contribution is -2.36. The van der Waals surface area contributed by atoms with Crippen LogP contribution in [0.5, 0.6) is 0 Å². The van der Waals surface area contributed by atoms with E-state index in [-0.39, 0.29) is 17.9 Å². The van der Waals surface area contributed by atoms with E-state index < -0.39 is 11.6 Å². The Morgan fingerprint density at radius 1 is 1.38 bits per heavy atom. The molecule has 0 amide bonds. The Hall–Kier alpha value is -1.49. The van der Waals surface area contributed by atoms with Gasteiger partial charge in [-0.2, -0.15) is 0 Å². The predicted molar refractivity (Wildman–Crippen MR) is 75.6 cm³/mol. The van der Waals surface area contributed by atoms with Crippen LogP contribution in [-0.4, -0.2) is 18.6 Å². The van der Waals surface area contributed by atoms with Gasteiger partial charge >= 0.3 is 5.97 Å². The zero-order valence-electron chi connectivity index (χ0n) is 12.2. The lowest BCUT2D eigenvalue weighted by molar-refractivity contribution is -0.149. The van der Waals surface area contributed by atoms with Crippen molar-refractivity contribution in [1.82, 2.24) is 5.32 Å². The highest BCUT2D eigenvalue weighted by Crippen LogP contribution is 2.25. The van der Waals surface area contributed by atoms with Gasteiger partial charge in [-0.25, -0.2) is 8.78 Å². The summed E-state index contributed by atoms with van der Waals surface area (Å²) in [6, 6.07) is 3.75. The van der Waals surface area contributed by atoms with E-state index >= 15 is 0 Å². The van der Waals surface area contributed by atoms with Crippen LogP contribution in [0.4, 0.5) is 8.78 Å². The van der Waals surface area contributed by atoms with Gasteiger partial charge in [0.1, 0.15) is 11.6 Å². The van der Waals surface area contributed by atoms with E-state index in [1.165, 1.54) is 12.1 Å². The normalized spacial score (nSPS) is 22.0. The van der Waals surface area contributed by atoms with Crippen LogP contribution >= 0.6 is 0 Å². The SMILES string of the molecule is CCOC(=O)C1CCCC(NCc2ccc(F)cc2F)C1. The zero-order chi connectivity index (χ0) is 15.2. The molecule has 21 heavy (non-hydrogen) atoms. The van der Waals surface area contributed by atoms with Crippen LogP contribution in [0.25, 0.3) is 0 Å². The molecule has 0 bridgehead atoms. The second kappa shape index (κ2) is 7.50. The summed E-state index contributed by atoms with van der Waals surface area (Å²) in [5.74, 6) is -1.33. The fourth-order valence-corrected chi connectivity index (χ4v) is 2.77. The maximum Gasteiger partial charge on any atom is 0.308 e. The van der Waals surface area contributed by atoms with E-state index in [1.54, 1.807) is 6.92 Å². The fourth-order valence-electron chi connectivity index (χ4n) is 2.77. The van der Waals surface area contributed by atoms with Gasteiger partial charge in [-0.3, -0.25) is 4.79 Å². The highest BCUT2D eigenvalue weighted by molar-refractivity contribution is 5.72. The fraction of sp³-hybridized carbons (Fsp3) is 0.562. The molecule has 0 aromatic heterocycles. The van der Waals surface area contributed by atoms with Crippen molar-refractivity contribution in [2.24, 2.45) is 5.92 Å². The van der Waals surface area contributed by atoms with Crippen LogP contribution in [0.1, 0.15) is 38.2 Å². The third-order valence-corrected chi connectivity index (χ3v) is 3.89. The van der Waals surface area contributed by atoms with Crippen LogP contribution in [0, 0.1) is 17.6 Å². The smallest absolute Gasteiger partial charge is 0.308 e. The van der Waals surface area contributed by atoms with Gasteiger partial charge < -0.3 is 10.1 Å². The van der Waals surface area contributed by atoms with Crippen molar-refractivity contribution in [3.05, 3.63) is 35.4 Å². The molecule has 1 aromatic carbocycles. The van der Waals surface area contributed by atoms with Crippen molar-refractivity contribution in [3.63, 3.8) is 0 Å². The van der Waals surface area contributed by atoms with Crippen LogP contribution in [0.2, 0.25) is 0 Å². The predicted octanol–water partition coefficient (Wildman–Crippen LogP) is 3.18. The molecular weight excluding hydrogens is 276 g/mol. The number of benzene rings is 1. The third kappa shape index (κ3) is 4.49. The van der Waals surface area contributed by atoms with Crippen molar-refractivity contribution < 1.29 is 18.3 Å². The number of carbonyl (C=O) groups excluding carboxylic acids is 1. The van der Waals surface area contributed by atoms with Gasteiger partial charge in [0.05, 0.1) is 12.5 Å². The standard InChI is InChI=1S/C16H21F2NO2/c1-2-21-16(20)11-4-3-5-14(8-11)19-10-12-6-7-13(17)9-15(12)18/h6-7,9,11,14,19H,2-5,8,10H2,1H3. The molecule has 0 spiro atoms. The molecular formula is C16H21F2NO2. The molecule has 1 aliphatic rings. The Morgan fingerprint density at radius 2 is 2.19 bits per heavy atom. The third-order valence-electron chi connectivity index (χ3n) is 3.89. The van der Waals surface area contributed by atoms with E-state index in [2.05, 4.69) is 5.32 Å². The van der Waals surface area contributed by atoms with Crippen LogP contribution in [0.3, 0.4) is 0 Å². The number of ether oxygens (including phenoxy) is 1. The molecule has 5 heteroatoms. The highest BCUT2D eigenvalue weighted by atomic mass is 19.1. The summed E-state index contributed by atoms with van der Waals surface area (Å²) in [5, 5.41) is 3.25. The highest BCUT2D eigenvalue weighted by Gasteiger charge is 2.28. The van der Waals surface area contributed by atoms with Gasteiger partial charge in [0, 0.05) is 24.2 Å². The second-order valence-electron chi connectivity index (χ2n) is 5.43. The number of carbonyl (C=O) groups is 1. The minimum atomic E-state index is -0.573. The number of hydrogen-bond acceptors (Lipinski definition) is 3. The quantitative estimate of drug-likeness (QED) is 0.848. The van der Waals surface area contributed by atoms with Gasteiger partial charge in [0.25, 0.3) is 0 Å². The van der Waals surface area contributed by atoms with Crippen LogP contribution < -0.4 is 5.32 Å². The molecule has 0 aliphatic heterocycles. The summed E-state index contributed by atoms with van der Waals surface area (Å²) >= 11 is 0. The van der Waals surface area contributed by atoms with E-state index in [1.807, 2.05) is 0 Å². The number of nitrogens with one attached hydrogen (secondary N) is 1. The summed E-state index contributed by atoms with van der Waals surface area (Å²) in [5.41, 5.74) is 0.439. The van der Waals surface area contributed by atoms with Crippen molar-refractivity contribution in [2.45, 2.75) is 45.2 Å². The Labute approximate surface area is 123 Å². The summed E-state index contributed by atoms with van der Waals surface area (Å²) in [4.78, 5) is 11.8. The van der Waals surface area contributed by atoms with Gasteiger partial charge in [-0.15, -0.1) is 0 Å². The average molecular weight is 297 g/mol. The number of esters is 1. The molecule has 0 heterocycles. The summed E-state index contributed by atoms with van der Waals surface area (Å²) in [6.45, 7) is 2.54. The Bertz CT molecular complexity index is 493. The molecule has 2 atom stereocenters. The molecule has 2 unspecified atom stereocenters. The Kier molecular flexibility index (Phi) is 5.67. The number of halogens is 2. The minimum absolute atomic E-state index is 0.0748. The van der Waals surface area contributed by atoms with Crippen LogP contribution in [0.15, 0.2) is 18.2 Å². The van der Waals surface area contributed by atoms with E-state index in [9.17, 15) is 13.6 Å². The molecule has 2 rings (SSSR count). The van der Waals surface area contributed by atoms with E-state index in [4.69, 9.17) is 4.74 Å². The molecule has 0 saturated heterocycles. The topological polar surface area (TPSA) is 38.3 Å². The van der Waals surface area contributed by atoms with Crippen molar-refractivity contribution in [1.29, 1.82) is 0 Å². The Balaban J connectivity index is 1.86. The van der Waals surface area contributed by atoms with Crippen molar-refractivity contribution in [3.8, 4) is 0 Å². The lowest BCUT2D eigenvalue weighted by Gasteiger charge is -2.28. The first kappa shape index (κ1) is 15.9. The van der Waals surface area contributed by atoms with Gasteiger partial charge in [0.15, 0.2) is 0 Å². The molecule has 1 N–H and O–H groups in total. The largest absolute Gasteiger partial charge is 0.466 e. The maximum atomic E-state index is 13.6. The molecule has 0 radical (unpaired) electrons. The molecule has 116 valence electrons. The number of hydrogen-bond donors (Lipinski definition) is 1. The van der Waals surface area contributed by atoms with Crippen molar-refractivity contribution >= 4 is 5.97 Å². The molecule has 1 aromatic rings. The van der Waals surface area contributed by atoms with E-state index in [0.717, 1.165) is 25.3 Å². The molecule has 3 nitrogen and oxygen atoms in total. The van der Waals surface area contributed by atoms with Crippen molar-refractivity contribution in [2.75, 3.05) is 6.61 Å². The lowest BCUT2D eigenvalue weighted by atomic mass is 9.85. The molecule has 1 saturated carbocycles. The van der Waals surface area contributed by atoms with Gasteiger partial charge in [-0.05, 0) is 32.3 Å². The molecule has 1 fully saturated rings. The van der Waals surface area contributed by atoms with E-state index in [0.29, 0.717) is 25.1 Å². The van der Waals surface area contributed by atoms with Gasteiger partial charge in [-0.1, -0.05) is 12.5 Å². The first-order valence-corrected chi connectivity index (χ1v) is 7.44. The first-order valence-electron chi connectivity index (χ1n) is 7.44. The second-order valence-corrected chi connectivity index (χ2v) is 5.43. The van der Waals surface area contributed by atoms with Crippen LogP contribution in [-0.2, 0) is 16.1 Å². The minimum Gasteiger partial charge on any atom is -0.466 e. The number of rotatable bonds is 5. The monoisotopic (exact) mass is 297 g/mol. The average Bonchev–Trinajstić information content (AvgIpc) is 2.47. The van der Waals surface area contributed by atoms with Gasteiger partial charge in [0.2, 0.25) is 0 Å². The zero-order valence-corrected chi connectivity index (χ0v) is 12.2. The maximum absolute atomic E-state index is 13.6. The summed E-state index contributed by atoms with van der Waals surface area (Å²) < 4.78 is 31.5. The summed E-state index contributed by atoms with van der Waals surface area (Å²) in [6.07, 6.45) is 3.47. The Morgan fingerprint density at radius 3 is 2.90 bits per heavy atom. The molecule has 1 aliphatic carbocycles. The first-order chi connectivity index (χ1) is 10.1.